The first-order valence-electron chi connectivity index (χ1n) is 7.21. The van der Waals surface area contributed by atoms with Crippen LogP contribution in [0.5, 0.6) is 0 Å². The van der Waals surface area contributed by atoms with Crippen LogP contribution in [0.25, 0.3) is 0 Å². The summed E-state index contributed by atoms with van der Waals surface area (Å²) in [4.78, 5) is 0. The SMILES string of the molecule is CCOC(C[C@H]1C[C@H]2C=C[C@@]1(OC)CC2)OCC. The van der Waals surface area contributed by atoms with Gasteiger partial charge in [-0.05, 0) is 44.9 Å². The molecule has 3 heteroatoms. The van der Waals surface area contributed by atoms with Gasteiger partial charge in [-0.1, -0.05) is 12.2 Å². The van der Waals surface area contributed by atoms with E-state index in [0.717, 1.165) is 18.8 Å². The zero-order chi connectivity index (χ0) is 13.0. The largest absolute Gasteiger partial charge is 0.374 e. The van der Waals surface area contributed by atoms with Gasteiger partial charge in [0.15, 0.2) is 6.29 Å². The van der Waals surface area contributed by atoms with Crippen molar-refractivity contribution in [1.82, 2.24) is 0 Å². The van der Waals surface area contributed by atoms with Gasteiger partial charge in [-0.3, -0.25) is 0 Å². The lowest BCUT2D eigenvalue weighted by Gasteiger charge is -2.48. The second-order valence-corrected chi connectivity index (χ2v) is 5.33. The quantitative estimate of drug-likeness (QED) is 0.516. The average molecular weight is 254 g/mol. The molecule has 0 unspecified atom stereocenters. The van der Waals surface area contributed by atoms with Crippen molar-refractivity contribution in [1.29, 1.82) is 0 Å². The molecule has 2 bridgehead atoms. The Labute approximate surface area is 110 Å². The molecule has 0 aromatic heterocycles. The maximum absolute atomic E-state index is 5.84. The fourth-order valence-corrected chi connectivity index (χ4v) is 3.41. The minimum atomic E-state index is -0.0789. The van der Waals surface area contributed by atoms with E-state index in [0.29, 0.717) is 19.1 Å². The van der Waals surface area contributed by atoms with Gasteiger partial charge in [0.05, 0.1) is 5.60 Å². The number of rotatable bonds is 7. The molecule has 3 nitrogen and oxygen atoms in total. The zero-order valence-electron chi connectivity index (χ0n) is 11.9. The predicted molar refractivity (Wildman–Crippen MR) is 71.4 cm³/mol. The third kappa shape index (κ3) is 2.79. The average Bonchev–Trinajstić information content (AvgIpc) is 2.41. The Bertz CT molecular complexity index is 283. The highest BCUT2D eigenvalue weighted by atomic mass is 16.7. The Morgan fingerprint density at radius 3 is 2.50 bits per heavy atom. The molecule has 0 radical (unpaired) electrons. The summed E-state index contributed by atoms with van der Waals surface area (Å²) in [5.41, 5.74) is -0.0683. The second kappa shape index (κ2) is 6.18. The lowest BCUT2D eigenvalue weighted by molar-refractivity contribution is -0.167. The molecule has 0 heterocycles. The molecule has 104 valence electrons. The van der Waals surface area contributed by atoms with E-state index in [9.17, 15) is 0 Å². The Morgan fingerprint density at radius 2 is 2.00 bits per heavy atom. The van der Waals surface area contributed by atoms with E-state index in [-0.39, 0.29) is 11.9 Å². The van der Waals surface area contributed by atoms with Gasteiger partial charge in [-0.2, -0.15) is 0 Å². The van der Waals surface area contributed by atoms with Crippen molar-refractivity contribution in [3.63, 3.8) is 0 Å². The van der Waals surface area contributed by atoms with Gasteiger partial charge in [0.1, 0.15) is 0 Å². The summed E-state index contributed by atoms with van der Waals surface area (Å²) >= 11 is 0. The molecule has 3 rings (SSSR count). The highest BCUT2D eigenvalue weighted by Crippen LogP contribution is 2.47. The first-order chi connectivity index (χ1) is 8.74. The lowest BCUT2D eigenvalue weighted by Crippen LogP contribution is -2.47. The minimum absolute atomic E-state index is 0.0683. The fourth-order valence-electron chi connectivity index (χ4n) is 3.41. The van der Waals surface area contributed by atoms with Crippen molar-refractivity contribution in [2.45, 2.75) is 51.4 Å². The van der Waals surface area contributed by atoms with Crippen molar-refractivity contribution in [3.05, 3.63) is 12.2 Å². The first-order valence-corrected chi connectivity index (χ1v) is 7.21. The monoisotopic (exact) mass is 254 g/mol. The van der Waals surface area contributed by atoms with E-state index in [1.165, 1.54) is 12.8 Å². The molecule has 0 aromatic rings. The molecular weight excluding hydrogens is 228 g/mol. The molecule has 0 N–H and O–H groups in total. The summed E-state index contributed by atoms with van der Waals surface area (Å²) in [7, 11) is 1.83. The number of ether oxygens (including phenoxy) is 3. The zero-order valence-corrected chi connectivity index (χ0v) is 11.9. The molecular formula is C15H26O3. The molecule has 3 aliphatic rings. The summed E-state index contributed by atoms with van der Waals surface area (Å²) < 4.78 is 17.2. The van der Waals surface area contributed by atoms with Gasteiger partial charge >= 0.3 is 0 Å². The van der Waals surface area contributed by atoms with Gasteiger partial charge in [-0.15, -0.1) is 0 Å². The molecule has 3 aliphatic carbocycles. The highest BCUT2D eigenvalue weighted by molar-refractivity contribution is 5.16. The molecule has 0 aromatic carbocycles. The number of allylic oxidation sites excluding steroid dienone is 1. The maximum Gasteiger partial charge on any atom is 0.157 e. The third-order valence-electron chi connectivity index (χ3n) is 4.40. The first kappa shape index (κ1) is 14.0. The number of methoxy groups -OCH3 is 1. The number of fused-ring (bicyclic) bond motifs is 2. The van der Waals surface area contributed by atoms with Gasteiger partial charge in [0.25, 0.3) is 0 Å². The van der Waals surface area contributed by atoms with Gasteiger partial charge in [0.2, 0.25) is 0 Å². The van der Waals surface area contributed by atoms with Crippen LogP contribution in [-0.2, 0) is 14.2 Å². The highest BCUT2D eigenvalue weighted by Gasteiger charge is 2.45. The molecule has 3 atom stereocenters. The molecule has 18 heavy (non-hydrogen) atoms. The fraction of sp³-hybridized carbons (Fsp3) is 0.867. The molecule has 1 saturated carbocycles. The van der Waals surface area contributed by atoms with Crippen LogP contribution in [-0.4, -0.2) is 32.2 Å². The molecule has 0 amide bonds. The minimum Gasteiger partial charge on any atom is -0.374 e. The Morgan fingerprint density at radius 1 is 1.28 bits per heavy atom. The van der Waals surface area contributed by atoms with Gasteiger partial charge in [-0.25, -0.2) is 0 Å². The Hall–Kier alpha value is -0.380. The number of hydrogen-bond donors (Lipinski definition) is 0. The van der Waals surface area contributed by atoms with Crippen molar-refractivity contribution in [2.75, 3.05) is 20.3 Å². The van der Waals surface area contributed by atoms with Gasteiger partial charge < -0.3 is 14.2 Å². The van der Waals surface area contributed by atoms with Crippen molar-refractivity contribution < 1.29 is 14.2 Å². The number of hydrogen-bond acceptors (Lipinski definition) is 3. The van der Waals surface area contributed by atoms with Crippen LogP contribution in [0.15, 0.2) is 12.2 Å². The van der Waals surface area contributed by atoms with Crippen LogP contribution in [0.1, 0.15) is 39.5 Å². The summed E-state index contributed by atoms with van der Waals surface area (Å²) in [6.45, 7) is 5.45. The normalized spacial score (nSPS) is 34.4. The van der Waals surface area contributed by atoms with E-state index in [1.807, 2.05) is 21.0 Å². The van der Waals surface area contributed by atoms with E-state index < -0.39 is 0 Å². The third-order valence-corrected chi connectivity index (χ3v) is 4.40. The maximum atomic E-state index is 5.84. The Balaban J connectivity index is 2.01. The summed E-state index contributed by atoms with van der Waals surface area (Å²) in [6, 6.07) is 0. The predicted octanol–water partition coefficient (Wildman–Crippen LogP) is 3.15. The summed E-state index contributed by atoms with van der Waals surface area (Å²) in [5, 5.41) is 0. The standard InChI is InChI=1S/C15H26O3/c1-4-17-14(18-5-2)11-13-10-12-6-8-15(13,16-3)9-7-12/h6,8,12-14H,4-5,7,9-11H2,1-3H3/t12-,13+,15+/m0/s1. The second-order valence-electron chi connectivity index (χ2n) is 5.33. The lowest BCUT2D eigenvalue weighted by atomic mass is 9.65. The van der Waals surface area contributed by atoms with Crippen LogP contribution in [0.3, 0.4) is 0 Å². The summed E-state index contributed by atoms with van der Waals surface area (Å²) in [5.74, 6) is 1.25. The van der Waals surface area contributed by atoms with Crippen LogP contribution in [0.4, 0.5) is 0 Å². The molecule has 0 spiro atoms. The van der Waals surface area contributed by atoms with E-state index in [2.05, 4.69) is 12.2 Å². The molecule has 0 saturated heterocycles. The van der Waals surface area contributed by atoms with Crippen molar-refractivity contribution in [3.8, 4) is 0 Å². The Kier molecular flexibility index (Phi) is 4.82. The van der Waals surface area contributed by atoms with Crippen LogP contribution >= 0.6 is 0 Å². The van der Waals surface area contributed by atoms with Crippen LogP contribution < -0.4 is 0 Å². The van der Waals surface area contributed by atoms with E-state index in [4.69, 9.17) is 14.2 Å². The van der Waals surface area contributed by atoms with Gasteiger partial charge in [0, 0.05) is 26.7 Å². The smallest absolute Gasteiger partial charge is 0.157 e. The molecule has 1 fully saturated rings. The molecule has 0 aliphatic heterocycles. The van der Waals surface area contributed by atoms with Crippen molar-refractivity contribution >= 4 is 0 Å². The van der Waals surface area contributed by atoms with E-state index in [1.54, 1.807) is 0 Å². The van der Waals surface area contributed by atoms with Crippen LogP contribution in [0, 0.1) is 11.8 Å². The summed E-state index contributed by atoms with van der Waals surface area (Å²) in [6.07, 6.45) is 9.08. The van der Waals surface area contributed by atoms with Crippen LogP contribution in [0.2, 0.25) is 0 Å². The topological polar surface area (TPSA) is 27.7 Å². The van der Waals surface area contributed by atoms with Crippen molar-refractivity contribution in [2.24, 2.45) is 11.8 Å². The van der Waals surface area contributed by atoms with E-state index >= 15 is 0 Å².